The Labute approximate surface area is 154 Å². The zero-order valence-electron chi connectivity index (χ0n) is 15.0. The zero-order valence-corrected chi connectivity index (χ0v) is 15.0. The molecule has 1 saturated heterocycles. The second-order valence-corrected chi connectivity index (χ2v) is 6.88. The van der Waals surface area contributed by atoms with Crippen LogP contribution in [0.3, 0.4) is 0 Å². The van der Waals surface area contributed by atoms with Crippen molar-refractivity contribution in [1.29, 1.82) is 5.26 Å². The number of aromatic nitrogens is 1. The van der Waals surface area contributed by atoms with Crippen LogP contribution >= 0.6 is 0 Å². The minimum absolute atomic E-state index is 0.678. The Morgan fingerprint density at radius 3 is 2.58 bits per heavy atom. The summed E-state index contributed by atoms with van der Waals surface area (Å²) in [5, 5.41) is 10.0. The van der Waals surface area contributed by atoms with Crippen molar-refractivity contribution < 1.29 is 0 Å². The van der Waals surface area contributed by atoms with Crippen LogP contribution in [0.5, 0.6) is 0 Å². The number of hydrogen-bond acceptors (Lipinski definition) is 4. The number of nitrogens with zero attached hydrogens (tertiary/aromatic N) is 4. The van der Waals surface area contributed by atoms with E-state index in [0.717, 1.165) is 49.4 Å². The van der Waals surface area contributed by atoms with Crippen LogP contribution in [0.15, 0.2) is 54.6 Å². The molecule has 1 fully saturated rings. The molecular formula is C22H22N4. The van der Waals surface area contributed by atoms with Gasteiger partial charge in [-0.15, -0.1) is 0 Å². The van der Waals surface area contributed by atoms with E-state index in [-0.39, 0.29) is 0 Å². The maximum absolute atomic E-state index is 9.02. The summed E-state index contributed by atoms with van der Waals surface area (Å²) in [6.45, 7) is 7.26. The first-order chi connectivity index (χ1) is 12.7. The minimum Gasteiger partial charge on any atom is -0.354 e. The van der Waals surface area contributed by atoms with Crippen LogP contribution in [0, 0.1) is 18.3 Å². The molecule has 0 N–H and O–H groups in total. The quantitative estimate of drug-likeness (QED) is 0.727. The van der Waals surface area contributed by atoms with Crippen LogP contribution in [0.4, 0.5) is 5.82 Å². The van der Waals surface area contributed by atoms with E-state index >= 15 is 0 Å². The van der Waals surface area contributed by atoms with Crippen LogP contribution in [0.1, 0.15) is 16.7 Å². The minimum atomic E-state index is 0.678. The number of rotatable bonds is 3. The molecule has 130 valence electrons. The molecule has 2 aromatic carbocycles. The topological polar surface area (TPSA) is 43.2 Å². The molecule has 0 unspecified atom stereocenters. The summed E-state index contributed by atoms with van der Waals surface area (Å²) in [6, 6.07) is 20.6. The average Bonchev–Trinajstić information content (AvgIpc) is 2.69. The van der Waals surface area contributed by atoms with E-state index < -0.39 is 0 Å². The van der Waals surface area contributed by atoms with Crippen molar-refractivity contribution in [3.63, 3.8) is 0 Å². The van der Waals surface area contributed by atoms with Gasteiger partial charge in [0.2, 0.25) is 0 Å². The lowest BCUT2D eigenvalue weighted by Crippen LogP contribution is -2.46. The second kappa shape index (κ2) is 7.15. The monoisotopic (exact) mass is 342 g/mol. The van der Waals surface area contributed by atoms with Crippen molar-refractivity contribution in [2.45, 2.75) is 13.5 Å². The Kier molecular flexibility index (Phi) is 4.55. The van der Waals surface area contributed by atoms with E-state index in [9.17, 15) is 0 Å². The van der Waals surface area contributed by atoms with Crippen molar-refractivity contribution >= 4 is 16.7 Å². The van der Waals surface area contributed by atoms with Crippen molar-refractivity contribution in [3.05, 3.63) is 71.3 Å². The number of benzene rings is 2. The van der Waals surface area contributed by atoms with Crippen molar-refractivity contribution in [2.75, 3.05) is 31.1 Å². The summed E-state index contributed by atoms with van der Waals surface area (Å²) in [5.74, 6) is 1.03. The van der Waals surface area contributed by atoms with Crippen molar-refractivity contribution in [2.24, 2.45) is 0 Å². The normalized spacial score (nSPS) is 15.2. The number of fused-ring (bicyclic) bond motifs is 1. The van der Waals surface area contributed by atoms with Gasteiger partial charge < -0.3 is 4.90 Å². The fraction of sp³-hybridized carbons (Fsp3) is 0.273. The zero-order chi connectivity index (χ0) is 17.9. The Hall–Kier alpha value is -2.90. The molecule has 0 spiro atoms. The molecule has 4 nitrogen and oxygen atoms in total. The van der Waals surface area contributed by atoms with Gasteiger partial charge in [-0.25, -0.2) is 4.98 Å². The van der Waals surface area contributed by atoms with Crippen LogP contribution in [0.25, 0.3) is 10.9 Å². The third-order valence-corrected chi connectivity index (χ3v) is 5.16. The summed E-state index contributed by atoms with van der Waals surface area (Å²) < 4.78 is 0. The molecular weight excluding hydrogens is 320 g/mol. The van der Waals surface area contributed by atoms with Crippen molar-refractivity contribution in [1.82, 2.24) is 9.88 Å². The molecule has 1 aliphatic heterocycles. The lowest BCUT2D eigenvalue weighted by molar-refractivity contribution is 0.249. The smallest absolute Gasteiger partial charge is 0.129 e. The highest BCUT2D eigenvalue weighted by Crippen LogP contribution is 2.21. The molecule has 4 heteroatoms. The largest absolute Gasteiger partial charge is 0.354 e. The Balaban J connectivity index is 1.44. The third-order valence-electron chi connectivity index (χ3n) is 5.16. The fourth-order valence-corrected chi connectivity index (χ4v) is 3.52. The van der Waals surface area contributed by atoms with Gasteiger partial charge in [0.05, 0.1) is 17.1 Å². The van der Waals surface area contributed by atoms with Gasteiger partial charge in [0, 0.05) is 38.1 Å². The van der Waals surface area contributed by atoms with Crippen LogP contribution in [-0.2, 0) is 6.54 Å². The molecule has 0 saturated carbocycles. The maximum Gasteiger partial charge on any atom is 0.129 e. The molecule has 2 heterocycles. The van der Waals surface area contributed by atoms with Gasteiger partial charge >= 0.3 is 0 Å². The van der Waals surface area contributed by atoms with Crippen molar-refractivity contribution in [3.8, 4) is 6.07 Å². The molecule has 0 bridgehead atoms. The van der Waals surface area contributed by atoms with E-state index in [0.29, 0.717) is 5.56 Å². The first-order valence-corrected chi connectivity index (χ1v) is 9.06. The average molecular weight is 342 g/mol. The molecule has 0 radical (unpaired) electrons. The van der Waals surface area contributed by atoms with E-state index in [2.05, 4.69) is 59.2 Å². The Morgan fingerprint density at radius 1 is 1.00 bits per heavy atom. The molecule has 0 aliphatic carbocycles. The lowest BCUT2D eigenvalue weighted by Gasteiger charge is -2.35. The molecule has 3 aromatic rings. The fourth-order valence-electron chi connectivity index (χ4n) is 3.52. The molecule has 0 atom stereocenters. The lowest BCUT2D eigenvalue weighted by atomic mass is 10.1. The summed E-state index contributed by atoms with van der Waals surface area (Å²) >= 11 is 0. The van der Waals surface area contributed by atoms with Gasteiger partial charge in [-0.3, -0.25) is 4.90 Å². The molecule has 1 aromatic heterocycles. The van der Waals surface area contributed by atoms with Gasteiger partial charge in [-0.2, -0.15) is 5.26 Å². The number of hydrogen-bond donors (Lipinski definition) is 0. The number of anilines is 1. The van der Waals surface area contributed by atoms with Gasteiger partial charge in [0.25, 0.3) is 0 Å². The molecule has 4 rings (SSSR count). The number of nitriles is 1. The molecule has 26 heavy (non-hydrogen) atoms. The number of pyridine rings is 1. The second-order valence-electron chi connectivity index (χ2n) is 6.88. The Morgan fingerprint density at radius 2 is 1.81 bits per heavy atom. The third kappa shape index (κ3) is 3.40. The first kappa shape index (κ1) is 16.6. The first-order valence-electron chi connectivity index (χ1n) is 9.06. The highest BCUT2D eigenvalue weighted by atomic mass is 15.3. The van der Waals surface area contributed by atoms with E-state index in [1.54, 1.807) is 0 Å². The number of aryl methyl sites for hydroxylation is 1. The molecule has 0 amide bonds. The van der Waals surface area contributed by atoms with Crippen LogP contribution in [0.2, 0.25) is 0 Å². The number of piperazine rings is 1. The highest BCUT2D eigenvalue weighted by Gasteiger charge is 2.18. The summed E-state index contributed by atoms with van der Waals surface area (Å²) in [4.78, 5) is 9.66. The van der Waals surface area contributed by atoms with E-state index in [1.807, 2.05) is 18.2 Å². The van der Waals surface area contributed by atoms with E-state index in [1.165, 1.54) is 11.1 Å². The standard InChI is InChI=1S/C22H22N4/c1-17-4-2-3-5-20(17)16-25-10-12-26(13-11-25)22-9-7-19-14-18(15-23)6-8-21(19)24-22/h2-9,14H,10-13,16H2,1H3. The predicted octanol–water partition coefficient (Wildman–Crippen LogP) is 3.74. The van der Waals surface area contributed by atoms with Gasteiger partial charge in [-0.05, 0) is 48.4 Å². The van der Waals surface area contributed by atoms with Crippen LogP contribution in [-0.4, -0.2) is 36.1 Å². The SMILES string of the molecule is Cc1ccccc1CN1CCN(c2ccc3cc(C#N)ccc3n2)CC1. The summed E-state index contributed by atoms with van der Waals surface area (Å²) in [6.07, 6.45) is 0. The van der Waals surface area contributed by atoms with Gasteiger partial charge in [0.15, 0.2) is 0 Å². The molecule has 1 aliphatic rings. The Bertz CT molecular complexity index is 965. The van der Waals surface area contributed by atoms with Gasteiger partial charge in [0.1, 0.15) is 5.82 Å². The summed E-state index contributed by atoms with van der Waals surface area (Å²) in [5.41, 5.74) is 4.40. The van der Waals surface area contributed by atoms with Crippen LogP contribution < -0.4 is 4.90 Å². The predicted molar refractivity (Wildman–Crippen MR) is 105 cm³/mol. The van der Waals surface area contributed by atoms with E-state index in [4.69, 9.17) is 10.2 Å². The highest BCUT2D eigenvalue weighted by molar-refractivity contribution is 5.81. The van der Waals surface area contributed by atoms with Gasteiger partial charge in [-0.1, -0.05) is 24.3 Å². The maximum atomic E-state index is 9.02. The summed E-state index contributed by atoms with van der Waals surface area (Å²) in [7, 11) is 0.